The van der Waals surface area contributed by atoms with Crippen LogP contribution in [0.25, 0.3) is 0 Å². The Kier molecular flexibility index (Phi) is 2.74. The van der Waals surface area contributed by atoms with Crippen LogP contribution in [0.15, 0.2) is 23.4 Å². The first-order chi connectivity index (χ1) is 6.86. The van der Waals surface area contributed by atoms with Gasteiger partial charge in [-0.2, -0.15) is 13.2 Å². The molecule has 2 N–H and O–H groups in total. The van der Waals surface area contributed by atoms with Gasteiger partial charge in [0.05, 0.1) is 11.1 Å². The van der Waals surface area contributed by atoms with E-state index in [9.17, 15) is 22.9 Å². The predicted molar refractivity (Wildman–Crippen MR) is 45.4 cm³/mol. The van der Waals surface area contributed by atoms with Gasteiger partial charge in [-0.3, -0.25) is 4.79 Å². The minimum atomic E-state index is -4.59. The number of amides is 1. The maximum absolute atomic E-state index is 12.2. The van der Waals surface area contributed by atoms with Crippen LogP contribution in [-0.2, 0) is 6.18 Å². The summed E-state index contributed by atoms with van der Waals surface area (Å²) in [6, 6.07) is 1.96. The van der Waals surface area contributed by atoms with E-state index in [2.05, 4.69) is 5.18 Å². The summed E-state index contributed by atoms with van der Waals surface area (Å²) in [5.74, 6) is -1.00. The average molecular weight is 218 g/mol. The monoisotopic (exact) mass is 218 g/mol. The van der Waals surface area contributed by atoms with Crippen molar-refractivity contribution in [2.45, 2.75) is 6.18 Å². The van der Waals surface area contributed by atoms with E-state index < -0.39 is 23.3 Å². The van der Waals surface area contributed by atoms with E-state index in [-0.39, 0.29) is 5.56 Å². The summed E-state index contributed by atoms with van der Waals surface area (Å²) in [5.41, 5.74) is 2.83. The number of primary amides is 1. The summed E-state index contributed by atoms with van der Waals surface area (Å²) in [6.07, 6.45) is -4.59. The van der Waals surface area contributed by atoms with Gasteiger partial charge in [-0.15, -0.1) is 4.91 Å². The smallest absolute Gasteiger partial charge is 0.366 e. The Labute approximate surface area is 81.9 Å². The molecule has 0 saturated heterocycles. The molecule has 1 amide bonds. The van der Waals surface area contributed by atoms with Crippen molar-refractivity contribution in [1.29, 1.82) is 0 Å². The van der Waals surface area contributed by atoms with E-state index in [1.165, 1.54) is 0 Å². The van der Waals surface area contributed by atoms with Crippen molar-refractivity contribution in [3.05, 3.63) is 34.2 Å². The molecule has 15 heavy (non-hydrogen) atoms. The van der Waals surface area contributed by atoms with Crippen LogP contribution < -0.4 is 5.73 Å². The van der Waals surface area contributed by atoms with Gasteiger partial charge in [-0.1, -0.05) is 0 Å². The van der Waals surface area contributed by atoms with Crippen LogP contribution in [0.1, 0.15) is 15.9 Å². The van der Waals surface area contributed by atoms with E-state index in [0.717, 1.165) is 6.07 Å². The molecule has 0 spiro atoms. The van der Waals surface area contributed by atoms with Crippen molar-refractivity contribution in [1.82, 2.24) is 0 Å². The molecule has 0 saturated carbocycles. The van der Waals surface area contributed by atoms with Gasteiger partial charge in [0.2, 0.25) is 0 Å². The lowest BCUT2D eigenvalue weighted by atomic mass is 10.1. The second-order valence-corrected chi connectivity index (χ2v) is 2.69. The number of carbonyl (C=O) groups is 1. The van der Waals surface area contributed by atoms with E-state index in [1.807, 2.05) is 0 Å². The Bertz CT molecular complexity index is 415. The Morgan fingerprint density at radius 3 is 2.33 bits per heavy atom. The van der Waals surface area contributed by atoms with E-state index in [1.54, 1.807) is 0 Å². The number of hydrogen-bond acceptors (Lipinski definition) is 3. The summed E-state index contributed by atoms with van der Waals surface area (Å²) in [5, 5.41) is 2.32. The third kappa shape index (κ3) is 2.30. The topological polar surface area (TPSA) is 72.5 Å². The van der Waals surface area contributed by atoms with E-state index >= 15 is 0 Å². The van der Waals surface area contributed by atoms with Gasteiger partial charge in [0, 0.05) is 0 Å². The first-order valence-corrected chi connectivity index (χ1v) is 3.70. The second kappa shape index (κ2) is 3.68. The fourth-order valence-electron chi connectivity index (χ4n) is 0.992. The van der Waals surface area contributed by atoms with Crippen LogP contribution in [0.3, 0.4) is 0 Å². The fraction of sp³-hybridized carbons (Fsp3) is 0.125. The van der Waals surface area contributed by atoms with Gasteiger partial charge < -0.3 is 5.73 Å². The highest BCUT2D eigenvalue weighted by molar-refractivity contribution is 5.97. The van der Waals surface area contributed by atoms with E-state index in [0.29, 0.717) is 12.1 Å². The molecule has 0 aromatic heterocycles. The summed E-state index contributed by atoms with van der Waals surface area (Å²) in [6.45, 7) is 0. The standard InChI is InChI=1S/C8H5F3N2O2/c9-8(10,11)4-1-2-5(7(12)14)6(3-4)13-15/h1-3H,(H2,12,14). The number of nitrogens with two attached hydrogens (primary N) is 1. The molecular formula is C8H5F3N2O2. The lowest BCUT2D eigenvalue weighted by Crippen LogP contribution is -2.12. The summed E-state index contributed by atoms with van der Waals surface area (Å²) in [4.78, 5) is 20.9. The molecule has 0 atom stereocenters. The van der Waals surface area contributed by atoms with E-state index in [4.69, 9.17) is 5.73 Å². The van der Waals surface area contributed by atoms with Crippen LogP contribution in [0, 0.1) is 4.91 Å². The maximum Gasteiger partial charge on any atom is 0.416 e. The number of alkyl halides is 3. The number of hydrogen-bond donors (Lipinski definition) is 1. The number of nitroso groups, excluding NO2 is 1. The molecule has 0 aliphatic carbocycles. The minimum absolute atomic E-state index is 0.335. The molecule has 1 rings (SSSR count). The van der Waals surface area contributed by atoms with Crippen molar-refractivity contribution in [2.75, 3.05) is 0 Å². The van der Waals surface area contributed by atoms with Gasteiger partial charge in [-0.25, -0.2) is 0 Å². The normalized spacial score (nSPS) is 11.1. The van der Waals surface area contributed by atoms with Crippen LogP contribution in [0.4, 0.5) is 18.9 Å². The van der Waals surface area contributed by atoms with Crippen molar-refractivity contribution < 1.29 is 18.0 Å². The Morgan fingerprint density at radius 2 is 1.93 bits per heavy atom. The molecule has 0 radical (unpaired) electrons. The molecule has 1 aromatic carbocycles. The van der Waals surface area contributed by atoms with Crippen LogP contribution in [0.5, 0.6) is 0 Å². The lowest BCUT2D eigenvalue weighted by molar-refractivity contribution is -0.137. The summed E-state index contributed by atoms with van der Waals surface area (Å²) in [7, 11) is 0. The molecular weight excluding hydrogens is 213 g/mol. The quantitative estimate of drug-likeness (QED) is 0.772. The van der Waals surface area contributed by atoms with Crippen molar-refractivity contribution in [3.63, 3.8) is 0 Å². The largest absolute Gasteiger partial charge is 0.416 e. The molecule has 0 fully saturated rings. The van der Waals surface area contributed by atoms with Crippen molar-refractivity contribution in [3.8, 4) is 0 Å². The van der Waals surface area contributed by atoms with Crippen LogP contribution >= 0.6 is 0 Å². The molecule has 7 heteroatoms. The molecule has 0 aliphatic rings. The Hall–Kier alpha value is -1.92. The highest BCUT2D eigenvalue weighted by Crippen LogP contribution is 2.32. The highest BCUT2D eigenvalue weighted by atomic mass is 19.4. The molecule has 0 unspecified atom stereocenters. The third-order valence-electron chi connectivity index (χ3n) is 1.69. The Balaban J connectivity index is 3.31. The van der Waals surface area contributed by atoms with Crippen molar-refractivity contribution in [2.24, 2.45) is 10.9 Å². The summed E-state index contributed by atoms with van der Waals surface area (Å²) >= 11 is 0. The fourth-order valence-corrected chi connectivity index (χ4v) is 0.992. The number of carbonyl (C=O) groups excluding carboxylic acids is 1. The van der Waals surface area contributed by atoms with Crippen molar-refractivity contribution >= 4 is 11.6 Å². The van der Waals surface area contributed by atoms with Gasteiger partial charge in [0.25, 0.3) is 5.91 Å². The SMILES string of the molecule is NC(=O)c1ccc(C(F)(F)F)cc1N=O. The molecule has 1 aromatic rings. The molecule has 0 heterocycles. The minimum Gasteiger partial charge on any atom is -0.366 e. The zero-order valence-electron chi connectivity index (χ0n) is 7.21. The molecule has 4 nitrogen and oxygen atoms in total. The van der Waals surface area contributed by atoms with Crippen LogP contribution in [-0.4, -0.2) is 5.91 Å². The second-order valence-electron chi connectivity index (χ2n) is 2.69. The summed E-state index contributed by atoms with van der Waals surface area (Å²) < 4.78 is 36.5. The average Bonchev–Trinajstić information content (AvgIpc) is 2.15. The zero-order valence-corrected chi connectivity index (χ0v) is 7.21. The van der Waals surface area contributed by atoms with Gasteiger partial charge >= 0.3 is 6.18 Å². The highest BCUT2D eigenvalue weighted by Gasteiger charge is 2.31. The molecule has 0 aliphatic heterocycles. The number of nitrogens with zero attached hydrogens (tertiary/aromatic N) is 1. The Morgan fingerprint density at radius 1 is 1.33 bits per heavy atom. The number of benzene rings is 1. The first kappa shape index (κ1) is 11.2. The maximum atomic E-state index is 12.2. The lowest BCUT2D eigenvalue weighted by Gasteiger charge is -2.07. The van der Waals surface area contributed by atoms with Gasteiger partial charge in [0.15, 0.2) is 0 Å². The zero-order chi connectivity index (χ0) is 11.6. The molecule has 0 bridgehead atoms. The number of halogens is 3. The number of rotatable bonds is 2. The van der Waals surface area contributed by atoms with Gasteiger partial charge in [0.1, 0.15) is 5.69 Å². The predicted octanol–water partition coefficient (Wildman–Crippen LogP) is 2.20. The molecule has 80 valence electrons. The van der Waals surface area contributed by atoms with Crippen LogP contribution in [0.2, 0.25) is 0 Å². The first-order valence-electron chi connectivity index (χ1n) is 3.70. The van der Waals surface area contributed by atoms with Gasteiger partial charge in [-0.05, 0) is 23.4 Å². The third-order valence-corrected chi connectivity index (χ3v) is 1.69.